The Hall–Kier alpha value is -4.81. The highest BCUT2D eigenvalue weighted by Gasteiger charge is 2.34. The summed E-state index contributed by atoms with van der Waals surface area (Å²) in [6, 6.07) is 20.6. The van der Waals surface area contributed by atoms with Crippen molar-refractivity contribution in [1.29, 1.82) is 0 Å². The second-order valence-electron chi connectivity index (χ2n) is 11.9. The van der Waals surface area contributed by atoms with Gasteiger partial charge in [0.25, 0.3) is 0 Å². The molecular formula is C35H42N5O8P. The van der Waals surface area contributed by atoms with Crippen LogP contribution in [0.25, 0.3) is 10.8 Å². The van der Waals surface area contributed by atoms with Crippen LogP contribution in [0.1, 0.15) is 39.2 Å². The average molecular weight is 692 g/mol. The van der Waals surface area contributed by atoms with Gasteiger partial charge in [-0.2, -0.15) is 4.52 Å². The molecule has 0 radical (unpaired) electrons. The van der Waals surface area contributed by atoms with Gasteiger partial charge in [-0.25, -0.2) is 9.59 Å². The number of amides is 3. The molecule has 14 heteroatoms. The van der Waals surface area contributed by atoms with Crippen LogP contribution in [0.15, 0.2) is 84.7 Å². The van der Waals surface area contributed by atoms with E-state index in [-0.39, 0.29) is 37.9 Å². The summed E-state index contributed by atoms with van der Waals surface area (Å²) in [6.45, 7) is 5.44. The van der Waals surface area contributed by atoms with Crippen molar-refractivity contribution in [2.45, 2.75) is 58.5 Å². The summed E-state index contributed by atoms with van der Waals surface area (Å²) in [7, 11) is -1.49. The maximum Gasteiger partial charge on any atom is 0.408 e. The maximum absolute atomic E-state index is 14.0. The van der Waals surface area contributed by atoms with Gasteiger partial charge >= 0.3 is 12.1 Å². The summed E-state index contributed by atoms with van der Waals surface area (Å²) in [4.78, 5) is 67.7. The number of hydrogen-bond donors (Lipinski definition) is 3. The van der Waals surface area contributed by atoms with E-state index in [1.807, 2.05) is 79.4 Å². The summed E-state index contributed by atoms with van der Waals surface area (Å²) < 4.78 is 15.5. The van der Waals surface area contributed by atoms with Crippen LogP contribution in [-0.4, -0.2) is 66.7 Å². The van der Waals surface area contributed by atoms with Gasteiger partial charge in [0.15, 0.2) is 6.23 Å². The van der Waals surface area contributed by atoms with E-state index in [2.05, 4.69) is 15.4 Å². The fourth-order valence-electron chi connectivity index (χ4n) is 5.20. The molecular weight excluding hydrogens is 649 g/mol. The van der Waals surface area contributed by atoms with Gasteiger partial charge in [-0.15, -0.1) is 0 Å². The van der Waals surface area contributed by atoms with E-state index in [0.29, 0.717) is 5.70 Å². The van der Waals surface area contributed by atoms with E-state index in [0.717, 1.165) is 34.9 Å². The van der Waals surface area contributed by atoms with Crippen molar-refractivity contribution in [3.8, 4) is 0 Å². The highest BCUT2D eigenvalue weighted by atomic mass is 31.1. The Morgan fingerprint density at radius 1 is 0.980 bits per heavy atom. The average Bonchev–Trinajstić information content (AvgIpc) is 3.49. The zero-order chi connectivity index (χ0) is 35.5. The number of nitrogens with zero attached hydrogens (tertiary/aromatic N) is 2. The lowest BCUT2D eigenvalue weighted by Crippen LogP contribution is -2.51. The van der Waals surface area contributed by atoms with Crippen LogP contribution < -0.4 is 26.2 Å². The van der Waals surface area contributed by atoms with Crippen molar-refractivity contribution >= 4 is 54.1 Å². The smallest absolute Gasteiger partial charge is 0.408 e. The number of hydrogen-bond acceptors (Lipinski definition) is 10. The van der Waals surface area contributed by atoms with Crippen molar-refractivity contribution < 1.29 is 38.1 Å². The highest BCUT2D eigenvalue weighted by molar-refractivity contribution is 7.47. The molecule has 3 aromatic rings. The number of benzene rings is 3. The standard InChI is InChI=1S/C35H42N5O8P/c1-23(2)17-31(48-49(45)21-32(41)46-4)38-33(42)29(37-35(44)47-20-25-11-6-5-7-12-25)18-27-19-39(34(43)24(3)36)22-40(27)30-16-10-14-26-13-8-9-15-28(26)30/h5-16,19,21,23-24,29,31H,17-18,20,22,36H2,1-4H3,(H,37,44)(H,38,42)/t24-,29-,31?/m0/s1. The summed E-state index contributed by atoms with van der Waals surface area (Å²) in [5, 5.41) is 7.28. The first-order chi connectivity index (χ1) is 23.4. The van der Waals surface area contributed by atoms with E-state index >= 15 is 0 Å². The first-order valence-electron chi connectivity index (χ1n) is 15.8. The minimum atomic E-state index is -2.63. The molecule has 4 atom stereocenters. The summed E-state index contributed by atoms with van der Waals surface area (Å²) in [6.07, 6.45) is -0.143. The Bertz CT molecular complexity index is 1690. The van der Waals surface area contributed by atoms with Gasteiger partial charge in [0.05, 0.1) is 18.8 Å². The summed E-state index contributed by atoms with van der Waals surface area (Å²) in [5.41, 5.74) is 8.04. The van der Waals surface area contributed by atoms with Crippen LogP contribution in [0.3, 0.4) is 0 Å². The lowest BCUT2D eigenvalue weighted by molar-refractivity contribution is -0.177. The fourth-order valence-corrected chi connectivity index (χ4v) is 5.93. The van der Waals surface area contributed by atoms with Gasteiger partial charge in [-0.3, -0.25) is 14.5 Å². The second-order valence-corrected chi connectivity index (χ2v) is 13.0. The van der Waals surface area contributed by atoms with Crippen LogP contribution in [0.4, 0.5) is 10.5 Å². The van der Waals surface area contributed by atoms with Crippen LogP contribution in [0.5, 0.6) is 0 Å². The number of fused-ring (bicyclic) bond motifs is 1. The highest BCUT2D eigenvalue weighted by Crippen LogP contribution is 2.34. The molecule has 13 nitrogen and oxygen atoms in total. The molecule has 49 heavy (non-hydrogen) atoms. The number of nitrogens with one attached hydrogen (secondary N) is 2. The van der Waals surface area contributed by atoms with E-state index in [1.54, 1.807) is 25.3 Å². The van der Waals surface area contributed by atoms with Gasteiger partial charge in [0.1, 0.15) is 19.3 Å². The Labute approximate surface area is 286 Å². The Morgan fingerprint density at radius 2 is 1.67 bits per heavy atom. The number of methoxy groups -OCH3 is 1. The number of rotatable bonds is 14. The summed E-state index contributed by atoms with van der Waals surface area (Å²) >= 11 is 0. The predicted molar refractivity (Wildman–Crippen MR) is 186 cm³/mol. The molecule has 0 aliphatic carbocycles. The Morgan fingerprint density at radius 3 is 2.37 bits per heavy atom. The van der Waals surface area contributed by atoms with E-state index in [1.165, 1.54) is 4.90 Å². The SMILES string of the molecule is COC(=O)C=[P+]([O-])OC(CC(C)C)NC(=O)[C@H](CC1=CN(C(=O)[C@H](C)N)CN1c1cccc2ccccc12)NC(=O)OCc1ccccc1. The Balaban J connectivity index is 1.66. The van der Waals surface area contributed by atoms with Crippen molar-refractivity contribution in [1.82, 2.24) is 15.5 Å². The number of carbonyl (C=O) groups is 4. The van der Waals surface area contributed by atoms with E-state index in [9.17, 15) is 24.1 Å². The van der Waals surface area contributed by atoms with E-state index in [4.69, 9.17) is 15.0 Å². The van der Waals surface area contributed by atoms with Crippen molar-refractivity contribution in [2.24, 2.45) is 11.7 Å². The fraction of sp³-hybridized carbons (Fsp3) is 0.343. The zero-order valence-corrected chi connectivity index (χ0v) is 28.8. The molecule has 4 rings (SSSR count). The number of carbonyl (C=O) groups excluding carboxylic acids is 4. The van der Waals surface area contributed by atoms with Gasteiger partial charge < -0.3 is 35.6 Å². The van der Waals surface area contributed by atoms with Gasteiger partial charge in [0, 0.05) is 23.7 Å². The van der Waals surface area contributed by atoms with Crippen LogP contribution in [-0.2, 0) is 35.0 Å². The molecule has 0 saturated carbocycles. The van der Waals surface area contributed by atoms with Gasteiger partial charge in [-0.05, 0) is 36.3 Å². The second kappa shape index (κ2) is 17.5. The molecule has 3 aromatic carbocycles. The monoisotopic (exact) mass is 691 g/mol. The van der Waals surface area contributed by atoms with Crippen molar-refractivity contribution in [2.75, 3.05) is 18.7 Å². The molecule has 1 aliphatic rings. The molecule has 0 bridgehead atoms. The molecule has 1 aliphatic heterocycles. The Kier molecular flexibility index (Phi) is 13.3. The molecule has 4 N–H and O–H groups in total. The molecule has 1 heterocycles. The quantitative estimate of drug-likeness (QED) is 0.129. The number of esters is 1. The summed E-state index contributed by atoms with van der Waals surface area (Å²) in [5.74, 6) is -1.07. The van der Waals surface area contributed by atoms with Crippen LogP contribution >= 0.6 is 8.00 Å². The maximum atomic E-state index is 14.0. The molecule has 260 valence electrons. The van der Waals surface area contributed by atoms with Crippen molar-refractivity contribution in [3.05, 3.63) is 90.3 Å². The minimum absolute atomic E-state index is 0.00806. The van der Waals surface area contributed by atoms with Gasteiger partial charge in [0.2, 0.25) is 25.6 Å². The molecule has 2 unspecified atom stereocenters. The predicted octanol–water partition coefficient (Wildman–Crippen LogP) is 3.47. The number of nitrogens with two attached hydrogens (primary N) is 1. The number of ether oxygens (including phenoxy) is 2. The van der Waals surface area contributed by atoms with Gasteiger partial charge in [-0.1, -0.05) is 80.6 Å². The minimum Gasteiger partial charge on any atom is -0.603 e. The molecule has 0 saturated heterocycles. The largest absolute Gasteiger partial charge is 0.603 e. The third kappa shape index (κ3) is 10.6. The van der Waals surface area contributed by atoms with Crippen LogP contribution in [0, 0.1) is 5.92 Å². The molecule has 0 fully saturated rings. The zero-order valence-electron chi connectivity index (χ0n) is 27.9. The molecule has 3 amide bonds. The van der Waals surface area contributed by atoms with Crippen molar-refractivity contribution in [3.63, 3.8) is 0 Å². The first-order valence-corrected chi connectivity index (χ1v) is 17.1. The third-order valence-corrected chi connectivity index (χ3v) is 8.43. The molecule has 0 aromatic heterocycles. The molecule has 0 spiro atoms. The normalized spacial score (nSPS) is 15.0. The van der Waals surface area contributed by atoms with E-state index < -0.39 is 44.3 Å². The lowest BCUT2D eigenvalue weighted by atomic mass is 10.1. The topological polar surface area (TPSA) is 176 Å². The number of alkyl carbamates (subject to hydrolysis) is 1. The van der Waals surface area contributed by atoms with Crippen LogP contribution in [0.2, 0.25) is 0 Å². The lowest BCUT2D eigenvalue weighted by Gasteiger charge is -2.28. The number of anilines is 1. The third-order valence-electron chi connectivity index (χ3n) is 7.54. The first kappa shape index (κ1) is 37.0.